The number of carbonyl (C=O) groups excluding carboxylic acids is 5. The van der Waals surface area contributed by atoms with Crippen molar-refractivity contribution in [1.29, 1.82) is 0 Å². The Morgan fingerprint density at radius 1 is 0.311 bits per heavy atom. The summed E-state index contributed by atoms with van der Waals surface area (Å²) in [6.45, 7) is 5.83. The Morgan fingerprint density at radius 2 is 0.575 bits per heavy atom. The minimum absolute atomic E-state index is 0. The third kappa shape index (κ3) is 42.4. The molecule has 0 aliphatic rings. The van der Waals surface area contributed by atoms with E-state index in [9.17, 15) is 39.6 Å². The molecule has 6 rings (SSSR count). The number of amides is 4. The van der Waals surface area contributed by atoms with Gasteiger partial charge in [0.25, 0.3) is 0 Å². The fourth-order valence-electron chi connectivity index (χ4n) is 14.7. The van der Waals surface area contributed by atoms with Gasteiger partial charge in [0, 0.05) is 79.7 Å². The number of carbonyl (C=O) groups is 5. The second-order valence-corrected chi connectivity index (χ2v) is 37.7. The highest BCUT2D eigenvalue weighted by atomic mass is 35.5. The Morgan fingerprint density at radius 3 is 0.906 bits per heavy atom. The van der Waals surface area contributed by atoms with E-state index in [2.05, 4.69) is 187 Å². The summed E-state index contributed by atoms with van der Waals surface area (Å²) in [6.07, 6.45) is 38.1. The summed E-state index contributed by atoms with van der Waals surface area (Å²) in [6, 6.07) is 67.5. The molecule has 6 aromatic rings. The molecule has 6 aromatic carbocycles. The zero-order chi connectivity index (χ0) is 73.1. The highest BCUT2D eigenvalue weighted by molar-refractivity contribution is 7.74. The summed E-state index contributed by atoms with van der Waals surface area (Å²) in [5, 5.41) is 35.3. The molecule has 13 nitrogen and oxygen atoms in total. The van der Waals surface area contributed by atoms with Crippen LogP contribution in [-0.2, 0) is 60.9 Å². The van der Waals surface area contributed by atoms with E-state index in [0.29, 0.717) is 61.6 Å². The largest absolute Gasteiger partial charge is 1.00 e. The molecular weight excluding hydrogens is 1420 g/mol. The first kappa shape index (κ1) is 94.6. The predicted molar refractivity (Wildman–Crippen MR) is 427 cm³/mol. The van der Waals surface area contributed by atoms with Crippen LogP contribution >= 0.6 is 14.5 Å². The van der Waals surface area contributed by atoms with Gasteiger partial charge in [0.15, 0.2) is 0 Å². The molecule has 0 saturated carbocycles. The van der Waals surface area contributed by atoms with E-state index in [4.69, 9.17) is 0 Å². The lowest BCUT2D eigenvalue weighted by atomic mass is 10.1. The van der Waals surface area contributed by atoms with Crippen LogP contribution in [0.15, 0.2) is 182 Å². The Hall–Kier alpha value is -5.56. The lowest BCUT2D eigenvalue weighted by Crippen LogP contribution is -3.12. The first-order valence-corrected chi connectivity index (χ1v) is 44.8. The minimum atomic E-state index is -1.40. The molecule has 0 aliphatic heterocycles. The summed E-state index contributed by atoms with van der Waals surface area (Å²) in [4.78, 5) is 62.9. The smallest absolute Gasteiger partial charge is 0.246 e. The van der Waals surface area contributed by atoms with Crippen molar-refractivity contribution in [3.8, 4) is 0 Å². The first-order chi connectivity index (χ1) is 50.3. The standard InChI is InChI=1S/C88H128N5O8P2.3ClH/c1-78(94)91(99)67-41-13-10-36-58-85(95)59-61-87(97)92(100)68-42-22-37-63-89-86(96)60-62-88(98)93(101)69-43-23-40-66-90(64-38-11-6-2-4-8-14-44-70-102(72-79-46-24-16-25-47-79,73-80-48-26-17-27-49-80)74-81-50-28-18-29-51-81)65-39-12-7-3-5-9-15-45-71-103(75-82-52-30-19-31-53-82,76-83-54-32-20-33-55-83)77-84-56-34-21-35-57-84;;;/h16-21,24-35,46-57,99-101H,2-15,22-23,36-45,58-77H2,1H3;3*1H/q+1;;;/p-1. The van der Waals surface area contributed by atoms with Gasteiger partial charge in [-0.15, -0.1) is 0 Å². The van der Waals surface area contributed by atoms with Crippen molar-refractivity contribution in [2.75, 3.05) is 58.1 Å². The molecule has 0 fully saturated rings. The second kappa shape index (κ2) is 58.4. The van der Waals surface area contributed by atoms with Crippen molar-refractivity contribution in [3.63, 3.8) is 0 Å². The molecule has 0 bridgehead atoms. The molecule has 0 saturated heterocycles. The van der Waals surface area contributed by atoms with Crippen LogP contribution in [0, 0.1) is 0 Å². The number of benzene rings is 6. The number of rotatable bonds is 59. The van der Waals surface area contributed by atoms with Gasteiger partial charge in [0.05, 0.1) is 68.9 Å². The number of halogens is 3. The number of hydrogen-bond acceptors (Lipinski definition) is 8. The lowest BCUT2D eigenvalue weighted by molar-refractivity contribution is -0.900. The Kier molecular flexibility index (Phi) is 52.2. The summed E-state index contributed by atoms with van der Waals surface area (Å²) in [5.41, 5.74) is 8.88. The van der Waals surface area contributed by atoms with Crippen molar-refractivity contribution >= 4 is 43.9 Å². The van der Waals surface area contributed by atoms with Crippen LogP contribution in [-0.4, -0.2) is 118 Å². The van der Waals surface area contributed by atoms with Crippen LogP contribution in [0.5, 0.6) is 0 Å². The fourth-order valence-corrected chi connectivity index (χ4v) is 24.0. The number of hydrogen-bond donors (Lipinski definition) is 5. The molecule has 0 radical (unpaired) electrons. The normalized spacial score (nSPS) is 11.3. The summed E-state index contributed by atoms with van der Waals surface area (Å²) in [7, 11) is -2.80. The zero-order valence-corrected chi connectivity index (χ0v) is 68.2. The van der Waals surface area contributed by atoms with Crippen molar-refractivity contribution in [3.05, 3.63) is 215 Å². The van der Waals surface area contributed by atoms with Crippen LogP contribution in [0.3, 0.4) is 0 Å². The monoisotopic (exact) mass is 1550 g/mol. The molecule has 586 valence electrons. The van der Waals surface area contributed by atoms with Gasteiger partial charge in [-0.1, -0.05) is 246 Å². The maximum atomic E-state index is 12.9. The molecule has 4 amide bonds. The maximum Gasteiger partial charge on any atom is 0.246 e. The van der Waals surface area contributed by atoms with E-state index < -0.39 is 32.2 Å². The van der Waals surface area contributed by atoms with Crippen molar-refractivity contribution < 1.29 is 81.7 Å². The third-order valence-electron chi connectivity index (χ3n) is 20.5. The van der Waals surface area contributed by atoms with Gasteiger partial charge in [-0.3, -0.25) is 39.6 Å². The molecular formula is C88H130Cl3N5O8P2. The van der Waals surface area contributed by atoms with Gasteiger partial charge in [-0.2, -0.15) is 0 Å². The summed E-state index contributed by atoms with van der Waals surface area (Å²) in [5.74, 6) is -1.65. The van der Waals surface area contributed by atoms with Gasteiger partial charge in [0.2, 0.25) is 23.6 Å². The van der Waals surface area contributed by atoms with E-state index in [0.717, 1.165) is 37.3 Å². The van der Waals surface area contributed by atoms with E-state index >= 15 is 0 Å². The number of nitrogens with zero attached hydrogens (tertiary/aromatic N) is 3. The van der Waals surface area contributed by atoms with Crippen LogP contribution in [0.1, 0.15) is 239 Å². The molecule has 0 spiro atoms. The van der Waals surface area contributed by atoms with Crippen LogP contribution < -0.4 is 47.4 Å². The second-order valence-electron chi connectivity index (χ2n) is 29.5. The summed E-state index contributed by atoms with van der Waals surface area (Å²) >= 11 is 0. The zero-order valence-electron chi connectivity index (χ0n) is 64.1. The lowest BCUT2D eigenvalue weighted by Gasteiger charge is -2.29. The molecule has 0 atom stereocenters. The third-order valence-corrected chi connectivity index (χ3v) is 29.2. The number of ketones is 1. The maximum absolute atomic E-state index is 12.9. The van der Waals surface area contributed by atoms with E-state index in [1.807, 2.05) is 0 Å². The molecule has 106 heavy (non-hydrogen) atoms. The molecule has 0 aromatic heterocycles. The minimum Gasteiger partial charge on any atom is -1.00 e. The molecule has 0 aliphatic carbocycles. The topological polar surface area (TPSA) is 172 Å². The van der Waals surface area contributed by atoms with Crippen molar-refractivity contribution in [2.45, 2.75) is 243 Å². The number of hydroxylamine groups is 6. The van der Waals surface area contributed by atoms with Gasteiger partial charge in [-0.05, 0) is 136 Å². The highest BCUT2D eigenvalue weighted by Gasteiger charge is 2.39. The number of Topliss-reactive ketones (excluding diaryl/α,β-unsaturated/α-hetero) is 1. The van der Waals surface area contributed by atoms with Gasteiger partial charge < -0.3 is 47.4 Å². The Labute approximate surface area is 658 Å². The van der Waals surface area contributed by atoms with Gasteiger partial charge >= 0.3 is 0 Å². The molecule has 0 heterocycles. The van der Waals surface area contributed by atoms with Crippen LogP contribution in [0.25, 0.3) is 0 Å². The number of unbranched alkanes of at least 4 members (excludes halogenated alkanes) is 21. The van der Waals surface area contributed by atoms with Crippen LogP contribution in [0.4, 0.5) is 0 Å². The Balaban J connectivity index is 0.00000972. The van der Waals surface area contributed by atoms with Gasteiger partial charge in [0.1, 0.15) is 5.78 Å². The van der Waals surface area contributed by atoms with E-state index in [-0.39, 0.29) is 94.2 Å². The van der Waals surface area contributed by atoms with Crippen molar-refractivity contribution in [1.82, 2.24) is 20.5 Å². The number of nitrogens with one attached hydrogen (secondary N) is 2. The highest BCUT2D eigenvalue weighted by Crippen LogP contribution is 2.68. The molecule has 0 unspecified atom stereocenters. The average Bonchev–Trinajstić information content (AvgIpc) is 0.824. The fraction of sp³-hybridized carbons (Fsp3) is 0.534. The van der Waals surface area contributed by atoms with Crippen molar-refractivity contribution in [2.24, 2.45) is 0 Å². The van der Waals surface area contributed by atoms with E-state index in [1.165, 1.54) is 205 Å². The Bertz CT molecular complexity index is 2860. The average molecular weight is 1550 g/mol. The SMILES string of the molecule is CC(=O)N(O)CCCCCCC(=O)CCC(=O)N(O)CCCCCNC(=O)CCC(=O)N(O)CCCCC[NH+](CCCCCCCCCC[P+](Cc1ccccc1)(Cc1ccccc1)Cc1ccccc1)CCCCCCCCCC[P+](Cc1ccccc1)(Cc1ccccc1)Cc1ccccc1.[Cl-].[Cl-].[Cl-]. The quantitative estimate of drug-likeness (QED) is 0.0109. The van der Waals surface area contributed by atoms with E-state index in [1.54, 1.807) is 4.90 Å². The first-order valence-electron chi connectivity index (χ1n) is 39.8. The number of quaternary nitrogens is 1. The summed E-state index contributed by atoms with van der Waals surface area (Å²) < 4.78 is 0. The van der Waals surface area contributed by atoms with Crippen LogP contribution in [0.2, 0.25) is 0 Å². The predicted octanol–water partition coefficient (Wildman–Crippen LogP) is 10.6. The van der Waals surface area contributed by atoms with Gasteiger partial charge in [-0.25, -0.2) is 15.2 Å². The molecule has 18 heteroatoms. The molecule has 5 N–H and O–H groups in total.